The molecule has 150 valence electrons. The van der Waals surface area contributed by atoms with Crippen molar-refractivity contribution in [3.8, 4) is 0 Å². The molecule has 7 heteroatoms. The number of nitrogens with zero attached hydrogens (tertiary/aromatic N) is 2. The van der Waals surface area contributed by atoms with E-state index in [1.54, 1.807) is 11.3 Å². The molecule has 0 spiro atoms. The zero-order chi connectivity index (χ0) is 19.9. The van der Waals surface area contributed by atoms with E-state index in [4.69, 9.17) is 0 Å². The number of hydrogen-bond donors (Lipinski definition) is 0. The molecule has 0 bridgehead atoms. The van der Waals surface area contributed by atoms with Gasteiger partial charge >= 0.3 is 0 Å². The number of rotatable bonds is 6. The molecule has 2 aliphatic rings. The highest BCUT2D eigenvalue weighted by atomic mass is 32.2. The molecule has 0 radical (unpaired) electrons. The summed E-state index contributed by atoms with van der Waals surface area (Å²) in [5.41, 5.74) is 3.43. The maximum atomic E-state index is 13.3. The summed E-state index contributed by atoms with van der Waals surface area (Å²) < 4.78 is 25.8. The van der Waals surface area contributed by atoms with Crippen molar-refractivity contribution in [3.63, 3.8) is 0 Å². The minimum atomic E-state index is -3.41. The lowest BCUT2D eigenvalue weighted by Gasteiger charge is -2.38. The number of carbonyl (C=O) groups is 1. The van der Waals surface area contributed by atoms with E-state index in [0.717, 1.165) is 30.4 Å². The van der Waals surface area contributed by atoms with Gasteiger partial charge in [0.15, 0.2) is 0 Å². The first-order valence-electron chi connectivity index (χ1n) is 9.71. The molecule has 1 fully saturated rings. The molecule has 1 aromatic heterocycles. The van der Waals surface area contributed by atoms with Crippen molar-refractivity contribution in [1.29, 1.82) is 0 Å². The van der Waals surface area contributed by atoms with Gasteiger partial charge in [0.05, 0.1) is 18.8 Å². The second-order valence-electron chi connectivity index (χ2n) is 7.89. The van der Waals surface area contributed by atoms with Crippen LogP contribution < -0.4 is 0 Å². The quantitative estimate of drug-likeness (QED) is 0.724. The Kier molecular flexibility index (Phi) is 5.33. The van der Waals surface area contributed by atoms with Gasteiger partial charge in [-0.1, -0.05) is 24.3 Å². The second-order valence-corrected chi connectivity index (χ2v) is 10.9. The molecular formula is C21H26N2O3S2. The molecule has 0 N–H and O–H groups in total. The van der Waals surface area contributed by atoms with Crippen LogP contribution >= 0.6 is 11.3 Å². The minimum absolute atomic E-state index is 0.0722. The van der Waals surface area contributed by atoms with Crippen LogP contribution in [0, 0.1) is 12.8 Å². The fourth-order valence-electron chi connectivity index (χ4n) is 3.96. The lowest BCUT2D eigenvalue weighted by molar-refractivity contribution is -0.133. The minimum Gasteiger partial charge on any atom is -0.330 e. The largest absolute Gasteiger partial charge is 0.330 e. The maximum Gasteiger partial charge on any atom is 0.238 e. The van der Waals surface area contributed by atoms with Crippen LogP contribution in [0.15, 0.2) is 35.7 Å². The molecule has 1 saturated carbocycles. The highest BCUT2D eigenvalue weighted by Gasteiger charge is 2.36. The number of sulfonamides is 1. The molecule has 1 aromatic carbocycles. The van der Waals surface area contributed by atoms with Gasteiger partial charge in [-0.25, -0.2) is 8.42 Å². The van der Waals surface area contributed by atoms with E-state index in [1.807, 2.05) is 17.0 Å². The number of benzene rings is 1. The van der Waals surface area contributed by atoms with Gasteiger partial charge in [0.25, 0.3) is 0 Å². The zero-order valence-electron chi connectivity index (χ0n) is 16.3. The Morgan fingerprint density at radius 2 is 1.96 bits per heavy atom. The fourth-order valence-corrected chi connectivity index (χ4v) is 5.69. The van der Waals surface area contributed by atoms with Crippen molar-refractivity contribution >= 4 is 27.3 Å². The van der Waals surface area contributed by atoms with Crippen LogP contribution in [0.1, 0.15) is 40.5 Å². The maximum absolute atomic E-state index is 13.3. The van der Waals surface area contributed by atoms with Crippen molar-refractivity contribution in [2.24, 2.45) is 5.92 Å². The van der Waals surface area contributed by atoms with Crippen LogP contribution in [0.4, 0.5) is 0 Å². The third-order valence-corrected chi connectivity index (χ3v) is 7.92. The predicted octanol–water partition coefficient (Wildman–Crippen LogP) is 3.20. The summed E-state index contributed by atoms with van der Waals surface area (Å²) in [6, 6.07) is 10.1. The monoisotopic (exact) mass is 418 g/mol. The van der Waals surface area contributed by atoms with Gasteiger partial charge in [0, 0.05) is 18.0 Å². The topological polar surface area (TPSA) is 57.7 Å². The molecule has 1 atom stereocenters. The van der Waals surface area contributed by atoms with Gasteiger partial charge in [0.1, 0.15) is 0 Å². The Hall–Kier alpha value is -1.70. The number of aryl methyl sites for hydroxylation is 1. The summed E-state index contributed by atoms with van der Waals surface area (Å²) >= 11 is 1.73. The third-order valence-electron chi connectivity index (χ3n) is 5.71. The predicted molar refractivity (Wildman–Crippen MR) is 112 cm³/mol. The van der Waals surface area contributed by atoms with Crippen LogP contribution in [-0.4, -0.2) is 49.4 Å². The van der Waals surface area contributed by atoms with Gasteiger partial charge < -0.3 is 4.90 Å². The smallest absolute Gasteiger partial charge is 0.238 e. The van der Waals surface area contributed by atoms with E-state index in [-0.39, 0.29) is 18.5 Å². The first-order valence-corrected chi connectivity index (χ1v) is 12.4. The molecule has 2 heterocycles. The lowest BCUT2D eigenvalue weighted by atomic mass is 9.90. The second kappa shape index (κ2) is 7.61. The normalized spacial score (nSPS) is 19.7. The Bertz CT molecular complexity index is 979. The van der Waals surface area contributed by atoms with Gasteiger partial charge in [-0.3, -0.25) is 4.79 Å². The van der Waals surface area contributed by atoms with Crippen LogP contribution in [0.25, 0.3) is 0 Å². The average molecular weight is 419 g/mol. The highest BCUT2D eigenvalue weighted by Crippen LogP contribution is 2.39. The third kappa shape index (κ3) is 4.02. The molecular weight excluding hydrogens is 392 g/mol. The van der Waals surface area contributed by atoms with Crippen molar-refractivity contribution < 1.29 is 13.2 Å². The number of amides is 1. The summed E-state index contributed by atoms with van der Waals surface area (Å²) in [7, 11) is -3.41. The number of carbonyl (C=O) groups excluding carboxylic acids is 1. The molecule has 0 saturated heterocycles. The van der Waals surface area contributed by atoms with Crippen molar-refractivity contribution in [3.05, 3.63) is 57.3 Å². The Balaban J connectivity index is 1.65. The van der Waals surface area contributed by atoms with Crippen LogP contribution in [0.5, 0.6) is 0 Å². The first kappa shape index (κ1) is 19.6. The average Bonchev–Trinajstić information content (AvgIpc) is 3.33. The summed E-state index contributed by atoms with van der Waals surface area (Å²) in [6.45, 7) is 3.06. The standard InChI is InChI=1S/C21H26N2O3S2/c1-15-5-3-4-6-17(15)21-18-10-12-27-19(18)9-11-23(21)20(24)14-22(28(2,25)26)13-16-7-8-16/h3-6,10,12,16,21H,7-9,11,13-14H2,1-2H3/t21-/m1/s1. The van der Waals surface area contributed by atoms with Crippen LogP contribution in [0.3, 0.4) is 0 Å². The summed E-state index contributed by atoms with van der Waals surface area (Å²) in [5, 5.41) is 2.08. The Morgan fingerprint density at radius 1 is 1.21 bits per heavy atom. The molecule has 5 nitrogen and oxygen atoms in total. The summed E-state index contributed by atoms with van der Waals surface area (Å²) in [4.78, 5) is 16.5. The van der Waals surface area contributed by atoms with E-state index in [9.17, 15) is 13.2 Å². The Morgan fingerprint density at radius 3 is 2.64 bits per heavy atom. The van der Waals surface area contributed by atoms with E-state index < -0.39 is 10.0 Å². The summed E-state index contributed by atoms with van der Waals surface area (Å²) in [5.74, 6) is 0.288. The molecule has 4 rings (SSSR count). The number of fused-ring (bicyclic) bond motifs is 1. The highest BCUT2D eigenvalue weighted by molar-refractivity contribution is 7.88. The van der Waals surface area contributed by atoms with E-state index in [1.165, 1.54) is 21.0 Å². The van der Waals surface area contributed by atoms with Crippen molar-refractivity contribution in [2.45, 2.75) is 32.2 Å². The molecule has 1 amide bonds. The van der Waals surface area contributed by atoms with E-state index in [0.29, 0.717) is 19.0 Å². The van der Waals surface area contributed by atoms with Crippen molar-refractivity contribution in [2.75, 3.05) is 25.9 Å². The van der Waals surface area contributed by atoms with Crippen LogP contribution in [-0.2, 0) is 21.2 Å². The zero-order valence-corrected chi connectivity index (χ0v) is 17.9. The molecule has 1 aliphatic heterocycles. The van der Waals surface area contributed by atoms with Gasteiger partial charge in [-0.2, -0.15) is 4.31 Å². The molecule has 28 heavy (non-hydrogen) atoms. The lowest BCUT2D eigenvalue weighted by Crippen LogP contribution is -2.47. The number of thiophene rings is 1. The molecule has 2 aromatic rings. The first-order chi connectivity index (χ1) is 13.3. The van der Waals surface area contributed by atoms with E-state index >= 15 is 0 Å². The van der Waals surface area contributed by atoms with E-state index in [2.05, 4.69) is 30.5 Å². The SMILES string of the molecule is Cc1ccccc1[C@@H]1c2ccsc2CCN1C(=O)CN(CC1CC1)S(C)(=O)=O. The van der Waals surface area contributed by atoms with Gasteiger partial charge in [-0.15, -0.1) is 11.3 Å². The fraction of sp³-hybridized carbons (Fsp3) is 0.476. The van der Waals surface area contributed by atoms with Gasteiger partial charge in [-0.05, 0) is 60.2 Å². The number of hydrogen-bond acceptors (Lipinski definition) is 4. The van der Waals surface area contributed by atoms with Crippen molar-refractivity contribution in [1.82, 2.24) is 9.21 Å². The van der Waals surface area contributed by atoms with Crippen LogP contribution in [0.2, 0.25) is 0 Å². The van der Waals surface area contributed by atoms with Gasteiger partial charge in [0.2, 0.25) is 15.9 Å². The summed E-state index contributed by atoms with van der Waals surface area (Å²) in [6.07, 6.45) is 4.12. The Labute approximate surface area is 171 Å². The molecule has 0 unspecified atom stereocenters. The molecule has 1 aliphatic carbocycles.